The van der Waals surface area contributed by atoms with E-state index in [-0.39, 0.29) is 46.1 Å². The molecular formula is C32H32F3N5O17P2. The Bertz CT molecular complexity index is 2490. The highest BCUT2D eigenvalue weighted by Gasteiger charge is 2.48. The van der Waals surface area contributed by atoms with E-state index < -0.39 is 95.4 Å². The average molecular weight is 878 g/mol. The summed E-state index contributed by atoms with van der Waals surface area (Å²) in [6.45, 7) is -2.22. The van der Waals surface area contributed by atoms with Gasteiger partial charge in [-0.1, -0.05) is 18.2 Å². The molecule has 27 heteroatoms. The van der Waals surface area contributed by atoms with Crippen molar-refractivity contribution in [3.05, 3.63) is 82.7 Å². The second-order valence-electron chi connectivity index (χ2n) is 12.9. The van der Waals surface area contributed by atoms with Gasteiger partial charge in [0.25, 0.3) is 0 Å². The molecule has 0 radical (unpaired) electrons. The molecule has 5 aromatic rings. The van der Waals surface area contributed by atoms with Gasteiger partial charge >= 0.3 is 27.4 Å². The molecule has 2 aliphatic rings. The van der Waals surface area contributed by atoms with Crippen molar-refractivity contribution in [3.8, 4) is 11.5 Å². The van der Waals surface area contributed by atoms with Gasteiger partial charge in [0.05, 0.1) is 25.1 Å². The molecule has 0 amide bonds. The molecule has 8 N–H and O–H groups in total. The number of imidazole rings is 1. The van der Waals surface area contributed by atoms with E-state index in [4.69, 9.17) is 38.1 Å². The lowest BCUT2D eigenvalue weighted by atomic mass is 10.1. The number of halogens is 3. The maximum Gasteiger partial charge on any atom is 0.481 e. The SMILES string of the molecule is Nc1ncnc2c1ncn2[C@@H]1OC(COP(=O)(O)OP(=O)(O)OCC2OC(Oc3ccccc3COc3ccc4c(C(F)(F)F)cc(=O)oc4c3)[C@H](O)[C@@H]2O)[C@@H](O)[C@H]1O. The van der Waals surface area contributed by atoms with E-state index in [9.17, 15) is 57.3 Å². The fraction of sp³-hybridized carbons (Fsp3) is 0.375. The van der Waals surface area contributed by atoms with Crippen LogP contribution in [0.5, 0.6) is 11.5 Å². The predicted molar refractivity (Wildman–Crippen MR) is 188 cm³/mol. The van der Waals surface area contributed by atoms with Gasteiger partial charge in [-0.05, 0) is 18.2 Å². The number of para-hydroxylation sites is 1. The quantitative estimate of drug-likeness (QED) is 0.0614. The van der Waals surface area contributed by atoms with E-state index in [2.05, 4.69) is 19.3 Å². The van der Waals surface area contributed by atoms with Crippen LogP contribution < -0.4 is 20.8 Å². The van der Waals surface area contributed by atoms with Crippen LogP contribution in [0.2, 0.25) is 0 Å². The number of anilines is 1. The lowest BCUT2D eigenvalue weighted by molar-refractivity contribution is -0.136. The number of aromatic nitrogens is 4. The number of fused-ring (bicyclic) bond motifs is 2. The topological polar surface area (TPSA) is 320 Å². The fourth-order valence-electron chi connectivity index (χ4n) is 6.11. The summed E-state index contributed by atoms with van der Waals surface area (Å²) in [6, 6.07) is 9.80. The van der Waals surface area contributed by atoms with E-state index >= 15 is 0 Å². The number of phosphoric acid groups is 2. The van der Waals surface area contributed by atoms with Gasteiger partial charge in [0.1, 0.15) is 72.2 Å². The highest BCUT2D eigenvalue weighted by molar-refractivity contribution is 7.61. The van der Waals surface area contributed by atoms with Crippen LogP contribution in [0.4, 0.5) is 19.0 Å². The van der Waals surface area contributed by atoms with Crippen LogP contribution in [-0.2, 0) is 44.7 Å². The van der Waals surface area contributed by atoms with E-state index in [1.54, 1.807) is 6.07 Å². The van der Waals surface area contributed by atoms with Gasteiger partial charge in [0.15, 0.2) is 17.7 Å². The number of nitrogen functional groups attached to an aromatic ring is 1. The van der Waals surface area contributed by atoms with Crippen molar-refractivity contribution in [1.29, 1.82) is 0 Å². The van der Waals surface area contributed by atoms with Crippen LogP contribution in [0.1, 0.15) is 17.4 Å². The van der Waals surface area contributed by atoms with Gasteiger partial charge in [-0.2, -0.15) is 17.5 Å². The maximum absolute atomic E-state index is 13.4. The van der Waals surface area contributed by atoms with Crippen molar-refractivity contribution in [2.45, 2.75) is 61.9 Å². The minimum atomic E-state index is -5.49. The van der Waals surface area contributed by atoms with Crippen LogP contribution in [0.3, 0.4) is 0 Å². The van der Waals surface area contributed by atoms with Crippen molar-refractivity contribution in [2.24, 2.45) is 0 Å². The Balaban J connectivity index is 0.919. The zero-order valence-electron chi connectivity index (χ0n) is 29.6. The van der Waals surface area contributed by atoms with Crippen LogP contribution in [-0.4, -0.2) is 106 Å². The fourth-order valence-corrected chi connectivity index (χ4v) is 8.20. The molecule has 3 aromatic heterocycles. The number of aliphatic hydroxyl groups excluding tert-OH is 4. The summed E-state index contributed by atoms with van der Waals surface area (Å²) >= 11 is 0. The standard InChI is InChI=1S/C32H32F3N5O17P2/c33-32(34,35)17-8-22(41)53-19-7-15(5-6-16(17)19)50-9-14-3-1-2-4-18(14)55-31-27(45)25(43)21(56-31)11-52-59(48,49)57-58(46,47)51-10-20-24(42)26(44)30(54-20)40-13-39-23-28(36)37-12-38-29(23)40/h1-8,12-13,20-21,24-27,30-31,42-45H,9-11H2,(H,46,47)(H,48,49)(H2,36,37,38)/t20?,21?,24-,25-,26-,27-,30-,31?/m1/s1. The largest absolute Gasteiger partial charge is 0.489 e. The molecule has 2 aliphatic heterocycles. The Morgan fingerprint density at radius 2 is 1.54 bits per heavy atom. The van der Waals surface area contributed by atoms with E-state index in [1.807, 2.05) is 0 Å². The van der Waals surface area contributed by atoms with Crippen LogP contribution in [0.15, 0.2) is 70.4 Å². The van der Waals surface area contributed by atoms with Gasteiger partial charge in [0.2, 0.25) is 6.29 Å². The Labute approximate surface area is 327 Å². The number of benzene rings is 2. The molecule has 7 rings (SSSR count). The van der Waals surface area contributed by atoms with Gasteiger partial charge < -0.3 is 59.3 Å². The molecule has 2 saturated heterocycles. The van der Waals surface area contributed by atoms with Gasteiger partial charge in [0, 0.05) is 23.1 Å². The van der Waals surface area contributed by atoms with Crippen molar-refractivity contribution < 1.29 is 89.2 Å². The first kappa shape index (κ1) is 42.5. The Kier molecular flexibility index (Phi) is 11.9. The van der Waals surface area contributed by atoms with Gasteiger partial charge in [-0.15, -0.1) is 0 Å². The average Bonchev–Trinajstić information content (AvgIpc) is 3.81. The predicted octanol–water partition coefficient (Wildman–Crippen LogP) is 1.51. The lowest BCUT2D eigenvalue weighted by Crippen LogP contribution is -2.36. The summed E-state index contributed by atoms with van der Waals surface area (Å²) in [4.78, 5) is 43.9. The maximum atomic E-state index is 13.4. The third kappa shape index (κ3) is 9.27. The minimum absolute atomic E-state index is 0.0200. The molecule has 5 heterocycles. The second kappa shape index (κ2) is 16.5. The van der Waals surface area contributed by atoms with Crippen molar-refractivity contribution >= 4 is 43.6 Å². The van der Waals surface area contributed by atoms with Crippen molar-refractivity contribution in [2.75, 3.05) is 18.9 Å². The molecule has 318 valence electrons. The molecule has 2 aromatic carbocycles. The van der Waals surface area contributed by atoms with E-state index in [1.165, 1.54) is 35.2 Å². The number of aliphatic hydroxyl groups is 4. The number of phosphoric ester groups is 2. The van der Waals surface area contributed by atoms with Gasteiger partial charge in [-0.3, -0.25) is 13.6 Å². The summed E-state index contributed by atoms with van der Waals surface area (Å²) in [5, 5.41) is 41.9. The molecule has 59 heavy (non-hydrogen) atoms. The number of nitrogens with two attached hydrogens (primary N) is 1. The number of hydrogen-bond donors (Lipinski definition) is 7. The van der Waals surface area contributed by atoms with Crippen molar-refractivity contribution in [1.82, 2.24) is 19.5 Å². The van der Waals surface area contributed by atoms with Gasteiger partial charge in [-0.25, -0.2) is 28.9 Å². The Morgan fingerprint density at radius 1 is 0.864 bits per heavy atom. The number of alkyl halides is 3. The molecule has 0 bridgehead atoms. The molecule has 5 unspecified atom stereocenters. The number of nitrogens with zero attached hydrogens (tertiary/aromatic N) is 4. The Hall–Kier alpha value is -4.59. The zero-order valence-corrected chi connectivity index (χ0v) is 31.4. The Morgan fingerprint density at radius 3 is 2.25 bits per heavy atom. The first-order valence-corrected chi connectivity index (χ1v) is 19.9. The normalized spacial score (nSPS) is 26.9. The summed E-state index contributed by atoms with van der Waals surface area (Å²) < 4.78 is 108. The first-order chi connectivity index (χ1) is 27.8. The van der Waals surface area contributed by atoms with Crippen LogP contribution >= 0.6 is 15.6 Å². The molecule has 0 aliphatic carbocycles. The summed E-state index contributed by atoms with van der Waals surface area (Å²) in [5.74, 6) is 0.0855. The number of ether oxygens (including phenoxy) is 4. The molecule has 2 fully saturated rings. The minimum Gasteiger partial charge on any atom is -0.489 e. The van der Waals surface area contributed by atoms with Crippen LogP contribution in [0, 0.1) is 0 Å². The molecule has 0 spiro atoms. The smallest absolute Gasteiger partial charge is 0.481 e. The summed E-state index contributed by atoms with van der Waals surface area (Å²) in [7, 11) is -10.9. The highest BCUT2D eigenvalue weighted by Crippen LogP contribution is 2.60. The number of rotatable bonds is 14. The third-order valence-electron chi connectivity index (χ3n) is 8.96. The summed E-state index contributed by atoms with van der Waals surface area (Å²) in [6.07, 6.45) is -15.4. The zero-order chi connectivity index (χ0) is 42.4. The molecule has 0 saturated carbocycles. The highest BCUT2D eigenvalue weighted by atomic mass is 31.3. The van der Waals surface area contributed by atoms with Crippen LogP contribution in [0.25, 0.3) is 22.1 Å². The molecule has 10 atom stereocenters. The van der Waals surface area contributed by atoms with Crippen molar-refractivity contribution in [3.63, 3.8) is 0 Å². The van der Waals surface area contributed by atoms with E-state index in [0.717, 1.165) is 18.5 Å². The molecule has 22 nitrogen and oxygen atoms in total. The first-order valence-electron chi connectivity index (χ1n) is 16.9. The third-order valence-corrected chi connectivity index (χ3v) is 11.6. The monoisotopic (exact) mass is 877 g/mol. The summed E-state index contributed by atoms with van der Waals surface area (Å²) in [5.41, 5.74) is 3.61. The van der Waals surface area contributed by atoms with E-state index in [0.29, 0.717) is 11.6 Å². The molecular weight excluding hydrogens is 845 g/mol. The lowest BCUT2D eigenvalue weighted by Gasteiger charge is -2.21. The second-order valence-corrected chi connectivity index (χ2v) is 16.0. The number of hydrogen-bond acceptors (Lipinski definition) is 19.